The van der Waals surface area contributed by atoms with Crippen LogP contribution < -0.4 is 5.48 Å². The molecule has 2 aliphatic heterocycles. The number of hydrogen-bond donors (Lipinski definition) is 1. The number of ether oxygens (including phenoxy) is 2. The quantitative estimate of drug-likeness (QED) is 0.600. The molecule has 3 atom stereocenters. The fraction of sp³-hybridized carbons (Fsp3) is 0.667. The number of imide groups is 1. The molecule has 1 aromatic rings. The molecule has 2 amide bonds. The largest absolute Gasteiger partial charge is 0.447 e. The molecule has 0 bridgehead atoms. The van der Waals surface area contributed by atoms with Crippen molar-refractivity contribution in [2.45, 2.75) is 70.1 Å². The van der Waals surface area contributed by atoms with Crippen LogP contribution in [-0.4, -0.2) is 49.0 Å². The van der Waals surface area contributed by atoms with Gasteiger partial charge in [-0.05, 0) is 37.2 Å². The van der Waals surface area contributed by atoms with Gasteiger partial charge >= 0.3 is 6.09 Å². The number of benzene rings is 1. The van der Waals surface area contributed by atoms with Gasteiger partial charge in [0.15, 0.2) is 6.29 Å². The van der Waals surface area contributed by atoms with Crippen molar-refractivity contribution in [1.82, 2.24) is 10.4 Å². The average Bonchev–Trinajstić information content (AvgIpc) is 3.44. The Morgan fingerprint density at radius 2 is 1.90 bits per heavy atom. The van der Waals surface area contributed by atoms with Gasteiger partial charge in [0.1, 0.15) is 6.61 Å². The number of carbonyl (C=O) groups is 2. The minimum atomic E-state index is -0.529. The third-order valence-corrected chi connectivity index (χ3v) is 6.64. The fourth-order valence-electron chi connectivity index (χ4n) is 4.93. The van der Waals surface area contributed by atoms with Crippen LogP contribution >= 0.6 is 0 Å². The van der Waals surface area contributed by atoms with Gasteiger partial charge in [0, 0.05) is 19.6 Å². The summed E-state index contributed by atoms with van der Waals surface area (Å²) in [5.74, 6) is 0.0412. The van der Waals surface area contributed by atoms with Gasteiger partial charge in [0.2, 0.25) is 5.91 Å². The molecule has 1 aliphatic carbocycles. The molecule has 1 saturated carbocycles. The first-order valence-corrected chi connectivity index (χ1v) is 11.7. The van der Waals surface area contributed by atoms with E-state index in [2.05, 4.69) is 5.48 Å². The minimum absolute atomic E-state index is 0.156. The molecule has 0 radical (unpaired) electrons. The Kier molecular flexibility index (Phi) is 7.94. The summed E-state index contributed by atoms with van der Waals surface area (Å²) in [5.41, 5.74) is 4.08. The summed E-state index contributed by atoms with van der Waals surface area (Å²) in [6.07, 6.45) is 8.30. The number of rotatable bonds is 9. The number of hydrogen-bond acceptors (Lipinski definition) is 6. The van der Waals surface area contributed by atoms with Crippen LogP contribution in [0.5, 0.6) is 0 Å². The van der Waals surface area contributed by atoms with E-state index in [9.17, 15) is 9.59 Å². The highest BCUT2D eigenvalue weighted by Crippen LogP contribution is 2.32. The van der Waals surface area contributed by atoms with E-state index in [0.29, 0.717) is 25.5 Å². The Balaban J connectivity index is 1.40. The highest BCUT2D eigenvalue weighted by molar-refractivity contribution is 5.95. The second-order valence-electron chi connectivity index (χ2n) is 8.97. The molecule has 1 unspecified atom stereocenters. The van der Waals surface area contributed by atoms with Crippen molar-refractivity contribution in [2.24, 2.45) is 11.8 Å². The van der Waals surface area contributed by atoms with E-state index in [1.165, 1.54) is 17.7 Å². The van der Waals surface area contributed by atoms with Gasteiger partial charge in [-0.2, -0.15) is 5.48 Å². The molecule has 31 heavy (non-hydrogen) atoms. The van der Waals surface area contributed by atoms with E-state index < -0.39 is 6.09 Å². The summed E-state index contributed by atoms with van der Waals surface area (Å²) >= 11 is 0. The molecule has 7 heteroatoms. The number of nitrogens with one attached hydrogen (secondary N) is 1. The number of cyclic esters (lactones) is 1. The van der Waals surface area contributed by atoms with E-state index in [0.717, 1.165) is 44.1 Å². The first-order valence-electron chi connectivity index (χ1n) is 11.7. The topological polar surface area (TPSA) is 77.1 Å². The van der Waals surface area contributed by atoms with Crippen LogP contribution in [0, 0.1) is 11.8 Å². The number of nitrogens with zero attached hydrogens (tertiary/aromatic N) is 1. The van der Waals surface area contributed by atoms with Crippen LogP contribution in [0.2, 0.25) is 0 Å². The molecule has 2 heterocycles. The van der Waals surface area contributed by atoms with Crippen LogP contribution in [0.15, 0.2) is 30.3 Å². The van der Waals surface area contributed by atoms with Gasteiger partial charge in [-0.1, -0.05) is 56.0 Å². The Labute approximate surface area is 184 Å². The summed E-state index contributed by atoms with van der Waals surface area (Å²) in [6, 6.07) is 9.66. The lowest BCUT2D eigenvalue weighted by Crippen LogP contribution is -2.46. The van der Waals surface area contributed by atoms with Gasteiger partial charge in [0.25, 0.3) is 0 Å². The molecule has 170 valence electrons. The van der Waals surface area contributed by atoms with Crippen LogP contribution in [0.25, 0.3) is 0 Å². The molecule has 0 spiro atoms. The molecule has 3 fully saturated rings. The summed E-state index contributed by atoms with van der Waals surface area (Å²) in [5, 5.41) is 0. The van der Waals surface area contributed by atoms with Crippen molar-refractivity contribution in [3.05, 3.63) is 35.9 Å². The zero-order valence-electron chi connectivity index (χ0n) is 18.2. The summed E-state index contributed by atoms with van der Waals surface area (Å²) < 4.78 is 10.9. The van der Waals surface area contributed by atoms with Crippen LogP contribution in [0.3, 0.4) is 0 Å². The lowest BCUT2D eigenvalue weighted by atomic mass is 9.91. The summed E-state index contributed by atoms with van der Waals surface area (Å²) in [6.45, 7) is 1.32. The van der Waals surface area contributed by atoms with Gasteiger partial charge < -0.3 is 9.47 Å². The normalized spacial score (nSPS) is 25.5. The maximum atomic E-state index is 13.5. The number of amides is 2. The molecule has 7 nitrogen and oxygen atoms in total. The minimum Gasteiger partial charge on any atom is -0.447 e. The van der Waals surface area contributed by atoms with Crippen molar-refractivity contribution in [2.75, 3.05) is 19.8 Å². The smallest absolute Gasteiger partial charge is 0.416 e. The molecule has 1 aromatic carbocycles. The van der Waals surface area contributed by atoms with E-state index in [1.54, 1.807) is 0 Å². The average molecular weight is 431 g/mol. The van der Waals surface area contributed by atoms with Gasteiger partial charge in [-0.3, -0.25) is 9.63 Å². The van der Waals surface area contributed by atoms with Crippen LogP contribution in [0.1, 0.15) is 56.9 Å². The Hall–Kier alpha value is -1.96. The lowest BCUT2D eigenvalue weighted by Gasteiger charge is -2.28. The van der Waals surface area contributed by atoms with Crippen molar-refractivity contribution >= 4 is 12.0 Å². The predicted octanol–water partition coefficient (Wildman–Crippen LogP) is 3.82. The number of carbonyl (C=O) groups excluding carboxylic acids is 2. The maximum absolute atomic E-state index is 13.5. The predicted molar refractivity (Wildman–Crippen MR) is 115 cm³/mol. The summed E-state index contributed by atoms with van der Waals surface area (Å²) in [4.78, 5) is 33.0. The zero-order chi connectivity index (χ0) is 21.5. The van der Waals surface area contributed by atoms with E-state index in [-0.39, 0.29) is 30.8 Å². The third-order valence-electron chi connectivity index (χ3n) is 6.64. The van der Waals surface area contributed by atoms with Gasteiger partial charge in [0.05, 0.1) is 12.0 Å². The van der Waals surface area contributed by atoms with Crippen molar-refractivity contribution in [3.8, 4) is 0 Å². The molecule has 0 aromatic heterocycles. The Morgan fingerprint density at radius 3 is 2.65 bits per heavy atom. The Morgan fingerprint density at radius 1 is 1.13 bits per heavy atom. The monoisotopic (exact) mass is 430 g/mol. The van der Waals surface area contributed by atoms with Crippen LogP contribution in [0.4, 0.5) is 4.79 Å². The van der Waals surface area contributed by atoms with Crippen molar-refractivity contribution < 1.29 is 23.9 Å². The van der Waals surface area contributed by atoms with E-state index >= 15 is 0 Å². The first kappa shape index (κ1) is 22.2. The van der Waals surface area contributed by atoms with E-state index in [1.807, 2.05) is 30.3 Å². The highest BCUT2D eigenvalue weighted by Gasteiger charge is 2.41. The van der Waals surface area contributed by atoms with Crippen LogP contribution in [-0.2, 0) is 25.5 Å². The third kappa shape index (κ3) is 6.05. The molecule has 4 rings (SSSR count). The molecule has 3 aliphatic rings. The van der Waals surface area contributed by atoms with Gasteiger partial charge in [-0.15, -0.1) is 0 Å². The summed E-state index contributed by atoms with van der Waals surface area (Å²) in [7, 11) is 0. The lowest BCUT2D eigenvalue weighted by molar-refractivity contribution is -0.199. The van der Waals surface area contributed by atoms with Crippen molar-refractivity contribution in [3.63, 3.8) is 0 Å². The molecule has 2 saturated heterocycles. The van der Waals surface area contributed by atoms with Crippen molar-refractivity contribution in [1.29, 1.82) is 0 Å². The fourth-order valence-corrected chi connectivity index (χ4v) is 4.93. The second-order valence-corrected chi connectivity index (χ2v) is 8.97. The highest BCUT2D eigenvalue weighted by atomic mass is 16.8. The molecular formula is C24H34N2O5. The standard InChI is InChI=1S/C24H34N2O5/c27-23(26-21(17-30-24(26)28)15-19-8-2-1-3-9-19)20(14-18-10-4-5-11-18)16-25-31-22-12-6-7-13-29-22/h1-3,8-9,18,20-22,25H,4-7,10-17H2/t20-,21+,22?/m1/s1. The Bertz CT molecular complexity index is 716. The second kappa shape index (κ2) is 11.1. The molecular weight excluding hydrogens is 396 g/mol. The number of hydroxylamine groups is 1. The maximum Gasteiger partial charge on any atom is 0.416 e. The first-order chi connectivity index (χ1) is 15.2. The molecule has 1 N–H and O–H groups in total. The SMILES string of the molecule is O=C1OC[C@H](Cc2ccccc2)N1C(=O)[C@@H](CNOC1CCCCO1)CC1CCCC1. The van der Waals surface area contributed by atoms with E-state index in [4.69, 9.17) is 14.3 Å². The zero-order valence-corrected chi connectivity index (χ0v) is 18.2. The van der Waals surface area contributed by atoms with Gasteiger partial charge in [-0.25, -0.2) is 9.69 Å².